The zero-order valence-electron chi connectivity index (χ0n) is 17.1. The number of esters is 1. The molecule has 31 heavy (non-hydrogen) atoms. The zero-order valence-corrected chi connectivity index (χ0v) is 17.1. The van der Waals surface area contributed by atoms with Crippen LogP contribution in [-0.2, 0) is 19.1 Å². The number of likely N-dealkylation sites (tertiary alicyclic amines) is 1. The van der Waals surface area contributed by atoms with Crippen molar-refractivity contribution >= 4 is 29.2 Å². The van der Waals surface area contributed by atoms with Gasteiger partial charge >= 0.3 is 5.97 Å². The second-order valence-electron chi connectivity index (χ2n) is 7.44. The molecule has 0 spiro atoms. The molecule has 2 aliphatic heterocycles. The van der Waals surface area contributed by atoms with E-state index in [1.54, 1.807) is 12.1 Å². The number of rotatable bonds is 6. The number of morpholine rings is 1. The van der Waals surface area contributed by atoms with Gasteiger partial charge in [0.05, 0.1) is 19.5 Å². The van der Waals surface area contributed by atoms with Crippen LogP contribution in [0.1, 0.15) is 23.4 Å². The zero-order chi connectivity index (χ0) is 21.6. The molecule has 1 N–H and O–H groups in total. The van der Waals surface area contributed by atoms with Crippen molar-refractivity contribution < 1.29 is 28.3 Å². The first-order chi connectivity index (χ1) is 15.1. The van der Waals surface area contributed by atoms with E-state index >= 15 is 0 Å². The number of carbonyl (C=O) groups is 3. The van der Waals surface area contributed by atoms with Gasteiger partial charge in [0.15, 0.2) is 12.4 Å². The minimum atomic E-state index is -0.710. The first kappa shape index (κ1) is 20.9. The van der Waals surface area contributed by atoms with Crippen molar-refractivity contribution in [2.75, 3.05) is 49.7 Å². The van der Waals surface area contributed by atoms with Gasteiger partial charge in [-0.1, -0.05) is 0 Å². The first-order valence-electron chi connectivity index (χ1n) is 10.4. The maximum atomic E-state index is 12.5. The Kier molecular flexibility index (Phi) is 6.51. The lowest BCUT2D eigenvalue weighted by Crippen LogP contribution is -2.42. The van der Waals surface area contributed by atoms with Gasteiger partial charge in [-0.3, -0.25) is 9.59 Å². The lowest BCUT2D eigenvalue weighted by molar-refractivity contribution is -0.151. The molecule has 2 aromatic rings. The Morgan fingerprint density at radius 3 is 2.55 bits per heavy atom. The topological polar surface area (TPSA) is 101 Å². The normalized spacial score (nSPS) is 18.6. The fraction of sp³-hybridized carbons (Fsp3) is 0.409. The van der Waals surface area contributed by atoms with E-state index in [1.807, 2.05) is 24.3 Å². The fourth-order valence-electron chi connectivity index (χ4n) is 3.80. The predicted octanol–water partition coefficient (Wildman–Crippen LogP) is 1.90. The number of nitrogens with zero attached hydrogens (tertiary/aromatic N) is 2. The second kappa shape index (κ2) is 9.65. The Bertz CT molecular complexity index is 906. The molecule has 0 unspecified atom stereocenters. The van der Waals surface area contributed by atoms with Gasteiger partial charge in [-0.15, -0.1) is 0 Å². The Hall–Kier alpha value is -3.33. The summed E-state index contributed by atoms with van der Waals surface area (Å²) in [4.78, 5) is 40.8. The van der Waals surface area contributed by atoms with Crippen LogP contribution in [0.15, 0.2) is 47.1 Å². The van der Waals surface area contributed by atoms with E-state index in [2.05, 4.69) is 10.2 Å². The van der Waals surface area contributed by atoms with Gasteiger partial charge in [0.1, 0.15) is 6.04 Å². The van der Waals surface area contributed by atoms with Crippen molar-refractivity contribution in [3.63, 3.8) is 0 Å². The van der Waals surface area contributed by atoms with E-state index < -0.39 is 24.5 Å². The summed E-state index contributed by atoms with van der Waals surface area (Å²) in [5.74, 6) is -1.20. The molecule has 164 valence electrons. The number of benzene rings is 1. The number of amides is 2. The Morgan fingerprint density at radius 1 is 1.06 bits per heavy atom. The van der Waals surface area contributed by atoms with E-state index in [0.717, 1.165) is 18.8 Å². The lowest BCUT2D eigenvalue weighted by Gasteiger charge is -2.28. The molecule has 0 radical (unpaired) electrons. The van der Waals surface area contributed by atoms with Gasteiger partial charge in [-0.2, -0.15) is 0 Å². The van der Waals surface area contributed by atoms with Crippen molar-refractivity contribution in [3.8, 4) is 0 Å². The van der Waals surface area contributed by atoms with Crippen LogP contribution in [-0.4, -0.2) is 68.2 Å². The van der Waals surface area contributed by atoms with E-state index in [4.69, 9.17) is 13.9 Å². The largest absolute Gasteiger partial charge is 0.459 e. The number of nitrogens with one attached hydrogen (secondary N) is 1. The molecule has 1 atom stereocenters. The highest BCUT2D eigenvalue weighted by Gasteiger charge is 2.36. The highest BCUT2D eigenvalue weighted by Crippen LogP contribution is 2.22. The summed E-state index contributed by atoms with van der Waals surface area (Å²) in [5.41, 5.74) is 1.68. The van der Waals surface area contributed by atoms with Crippen LogP contribution in [0.25, 0.3) is 0 Å². The second-order valence-corrected chi connectivity index (χ2v) is 7.44. The smallest absolute Gasteiger partial charge is 0.329 e. The number of carbonyl (C=O) groups excluding carboxylic acids is 3. The monoisotopic (exact) mass is 427 g/mol. The first-order valence-corrected chi connectivity index (χ1v) is 10.4. The summed E-state index contributed by atoms with van der Waals surface area (Å²) < 4.78 is 15.7. The molecule has 2 amide bonds. The average Bonchev–Trinajstić information content (AvgIpc) is 3.51. The van der Waals surface area contributed by atoms with E-state index in [-0.39, 0.29) is 11.7 Å². The third-order valence-electron chi connectivity index (χ3n) is 5.39. The molecule has 0 bridgehead atoms. The minimum absolute atomic E-state index is 0.179. The van der Waals surface area contributed by atoms with E-state index in [0.29, 0.717) is 38.3 Å². The Labute approximate surface area is 179 Å². The highest BCUT2D eigenvalue weighted by molar-refractivity contribution is 5.96. The molecule has 0 aliphatic carbocycles. The average molecular weight is 427 g/mol. The van der Waals surface area contributed by atoms with Crippen LogP contribution in [0.4, 0.5) is 11.4 Å². The molecule has 2 aliphatic rings. The summed E-state index contributed by atoms with van der Waals surface area (Å²) >= 11 is 0. The van der Waals surface area contributed by atoms with Crippen LogP contribution in [0, 0.1) is 0 Å². The van der Waals surface area contributed by atoms with Crippen LogP contribution < -0.4 is 10.2 Å². The number of anilines is 2. The van der Waals surface area contributed by atoms with Crippen molar-refractivity contribution in [2.24, 2.45) is 0 Å². The quantitative estimate of drug-likeness (QED) is 0.703. The van der Waals surface area contributed by atoms with Crippen LogP contribution in [0.2, 0.25) is 0 Å². The third-order valence-corrected chi connectivity index (χ3v) is 5.39. The number of hydrogen-bond acceptors (Lipinski definition) is 7. The Balaban J connectivity index is 1.26. The minimum Gasteiger partial charge on any atom is -0.459 e. The molecule has 0 saturated carbocycles. The summed E-state index contributed by atoms with van der Waals surface area (Å²) in [6.45, 7) is 3.11. The molecule has 1 aromatic heterocycles. The molecule has 3 heterocycles. The van der Waals surface area contributed by atoms with Gasteiger partial charge in [-0.25, -0.2) is 4.79 Å². The number of hydrogen-bond donors (Lipinski definition) is 1. The number of furan rings is 1. The highest BCUT2D eigenvalue weighted by atomic mass is 16.5. The molecule has 9 heteroatoms. The summed E-state index contributed by atoms with van der Waals surface area (Å²) in [6.07, 6.45) is 2.60. The maximum Gasteiger partial charge on any atom is 0.329 e. The van der Waals surface area contributed by atoms with Gasteiger partial charge < -0.3 is 29.0 Å². The van der Waals surface area contributed by atoms with Crippen molar-refractivity contribution in [2.45, 2.75) is 18.9 Å². The predicted molar refractivity (Wildman–Crippen MR) is 112 cm³/mol. The molecule has 2 saturated heterocycles. The van der Waals surface area contributed by atoms with Gasteiger partial charge in [-0.05, 0) is 49.2 Å². The van der Waals surface area contributed by atoms with Crippen molar-refractivity contribution in [1.82, 2.24) is 4.90 Å². The molecule has 4 rings (SSSR count). The number of ether oxygens (including phenoxy) is 2. The van der Waals surface area contributed by atoms with Gasteiger partial charge in [0, 0.05) is 31.0 Å². The Morgan fingerprint density at radius 2 is 1.84 bits per heavy atom. The van der Waals surface area contributed by atoms with Gasteiger partial charge in [0.25, 0.3) is 11.8 Å². The summed E-state index contributed by atoms with van der Waals surface area (Å²) in [6, 6.07) is 9.96. The molecule has 1 aromatic carbocycles. The van der Waals surface area contributed by atoms with Gasteiger partial charge in [0.2, 0.25) is 0 Å². The summed E-state index contributed by atoms with van der Waals surface area (Å²) in [7, 11) is 0. The molecular weight excluding hydrogens is 402 g/mol. The van der Waals surface area contributed by atoms with Crippen molar-refractivity contribution in [3.05, 3.63) is 48.4 Å². The van der Waals surface area contributed by atoms with Crippen LogP contribution >= 0.6 is 0 Å². The third kappa shape index (κ3) is 5.05. The molecule has 2 fully saturated rings. The fourth-order valence-corrected chi connectivity index (χ4v) is 3.80. The molecule has 9 nitrogen and oxygen atoms in total. The SMILES string of the molecule is O=C(COC(=O)[C@@H]1CCCN1C(=O)c1ccco1)Nc1ccc(N2CCOCC2)cc1. The van der Waals surface area contributed by atoms with Crippen molar-refractivity contribution in [1.29, 1.82) is 0 Å². The standard InChI is InChI=1S/C22H25N3O6/c26-20(23-16-5-7-17(8-6-16)24-10-13-29-14-11-24)15-31-22(28)18-3-1-9-25(18)21(27)19-4-2-12-30-19/h2,4-8,12,18H,1,3,9-11,13-15H2,(H,23,26)/t18-/m0/s1. The maximum absolute atomic E-state index is 12.5. The van der Waals surface area contributed by atoms with E-state index in [9.17, 15) is 14.4 Å². The van der Waals surface area contributed by atoms with E-state index in [1.165, 1.54) is 11.2 Å². The molecular formula is C22H25N3O6. The van der Waals surface area contributed by atoms with Crippen LogP contribution in [0.5, 0.6) is 0 Å². The lowest BCUT2D eigenvalue weighted by atomic mass is 10.2. The summed E-state index contributed by atoms with van der Waals surface area (Å²) in [5, 5.41) is 2.72. The van der Waals surface area contributed by atoms with Crippen LogP contribution in [0.3, 0.4) is 0 Å².